The number of methoxy groups -OCH3 is 1. The maximum absolute atomic E-state index is 13.2. The van der Waals surface area contributed by atoms with Crippen molar-refractivity contribution in [1.82, 2.24) is 10.3 Å². The molecule has 3 aromatic carbocycles. The Kier molecular flexibility index (Phi) is 6.60. The van der Waals surface area contributed by atoms with Crippen LogP contribution < -0.4 is 15.4 Å². The summed E-state index contributed by atoms with van der Waals surface area (Å²) in [6.45, 7) is 2.62. The Morgan fingerprint density at radius 3 is 2.61 bits per heavy atom. The zero-order valence-electron chi connectivity index (χ0n) is 17.6. The number of carbonyl (C=O) groups is 1. The summed E-state index contributed by atoms with van der Waals surface area (Å²) >= 11 is 1.69. The minimum atomic E-state index is -0.485. The highest BCUT2D eigenvalue weighted by Gasteiger charge is 2.21. The fourth-order valence-corrected chi connectivity index (χ4v) is 4.45. The van der Waals surface area contributed by atoms with Crippen LogP contribution in [0.4, 0.5) is 5.69 Å². The fourth-order valence-electron chi connectivity index (χ4n) is 3.48. The number of hydrogen-bond acceptors (Lipinski definition) is 5. The maximum Gasteiger partial charge on any atom is 0.246 e. The van der Waals surface area contributed by atoms with E-state index in [0.29, 0.717) is 18.0 Å². The number of hydrogen-bond donors (Lipinski definition) is 2. The number of anilines is 1. The molecule has 5 nitrogen and oxygen atoms in total. The molecule has 0 saturated carbocycles. The first-order chi connectivity index (χ1) is 15.1. The van der Waals surface area contributed by atoms with Crippen LogP contribution >= 0.6 is 11.3 Å². The Bertz CT molecular complexity index is 1140. The van der Waals surface area contributed by atoms with Crippen LogP contribution in [0.25, 0.3) is 10.2 Å². The first kappa shape index (κ1) is 21.0. The lowest BCUT2D eigenvalue weighted by molar-refractivity contribution is -0.118. The number of carbonyl (C=O) groups excluding carboxylic acids is 1. The zero-order chi connectivity index (χ0) is 21.6. The second kappa shape index (κ2) is 9.73. The SMILES string of the molecule is COc1ccc(C)cc1NC(=O)C(NCCc1nc2ccccc2s1)c1ccccc1. The maximum atomic E-state index is 13.2. The van der Waals surface area contributed by atoms with Gasteiger partial charge in [0.25, 0.3) is 0 Å². The molecular formula is C25H25N3O2S. The minimum Gasteiger partial charge on any atom is -0.495 e. The van der Waals surface area contributed by atoms with E-state index in [2.05, 4.69) is 21.7 Å². The number of aryl methyl sites for hydroxylation is 1. The molecule has 6 heteroatoms. The molecule has 1 unspecified atom stereocenters. The molecule has 0 aliphatic rings. The van der Waals surface area contributed by atoms with Crippen LogP contribution in [0.5, 0.6) is 5.75 Å². The molecule has 4 aromatic rings. The number of thiazole rings is 1. The molecule has 1 atom stereocenters. The van der Waals surface area contributed by atoms with Crippen LogP contribution in [0.3, 0.4) is 0 Å². The smallest absolute Gasteiger partial charge is 0.246 e. The van der Waals surface area contributed by atoms with E-state index in [-0.39, 0.29) is 5.91 Å². The molecule has 0 radical (unpaired) electrons. The molecule has 0 fully saturated rings. The number of rotatable bonds is 8. The summed E-state index contributed by atoms with van der Waals surface area (Å²) in [5.74, 6) is 0.514. The second-order valence-corrected chi connectivity index (χ2v) is 8.43. The number of para-hydroxylation sites is 1. The molecule has 1 aromatic heterocycles. The van der Waals surface area contributed by atoms with Gasteiger partial charge in [0.1, 0.15) is 11.8 Å². The van der Waals surface area contributed by atoms with Crippen molar-refractivity contribution in [2.45, 2.75) is 19.4 Å². The monoisotopic (exact) mass is 431 g/mol. The predicted octanol–water partition coefficient (Wildman–Crippen LogP) is 5.13. The van der Waals surface area contributed by atoms with Crippen molar-refractivity contribution in [2.24, 2.45) is 0 Å². The summed E-state index contributed by atoms with van der Waals surface area (Å²) in [5.41, 5.74) is 3.65. The van der Waals surface area contributed by atoms with Gasteiger partial charge in [0.15, 0.2) is 0 Å². The Labute approximate surface area is 186 Å². The molecule has 4 rings (SSSR count). The second-order valence-electron chi connectivity index (χ2n) is 7.32. The third kappa shape index (κ3) is 5.10. The van der Waals surface area contributed by atoms with E-state index in [1.54, 1.807) is 18.4 Å². The first-order valence-corrected chi connectivity index (χ1v) is 11.0. The van der Waals surface area contributed by atoms with Crippen molar-refractivity contribution >= 4 is 33.1 Å². The summed E-state index contributed by atoms with van der Waals surface area (Å²) in [5, 5.41) is 7.50. The quantitative estimate of drug-likeness (QED) is 0.406. The number of aromatic nitrogens is 1. The third-order valence-electron chi connectivity index (χ3n) is 5.03. The van der Waals surface area contributed by atoms with Crippen molar-refractivity contribution in [3.63, 3.8) is 0 Å². The van der Waals surface area contributed by atoms with Gasteiger partial charge in [-0.15, -0.1) is 11.3 Å². The lowest BCUT2D eigenvalue weighted by Crippen LogP contribution is -2.34. The number of nitrogens with one attached hydrogen (secondary N) is 2. The van der Waals surface area contributed by atoms with Crippen molar-refractivity contribution in [2.75, 3.05) is 19.0 Å². The summed E-state index contributed by atoms with van der Waals surface area (Å²) in [6, 6.07) is 23.1. The number of benzene rings is 3. The van der Waals surface area contributed by atoms with E-state index < -0.39 is 6.04 Å². The molecule has 2 N–H and O–H groups in total. The van der Waals surface area contributed by atoms with Gasteiger partial charge in [0.2, 0.25) is 5.91 Å². The summed E-state index contributed by atoms with van der Waals surface area (Å²) in [7, 11) is 1.60. The Balaban J connectivity index is 1.49. The van der Waals surface area contributed by atoms with Crippen molar-refractivity contribution in [3.05, 3.63) is 88.9 Å². The van der Waals surface area contributed by atoms with Gasteiger partial charge in [-0.2, -0.15) is 0 Å². The van der Waals surface area contributed by atoms with Gasteiger partial charge >= 0.3 is 0 Å². The molecule has 1 heterocycles. The summed E-state index contributed by atoms with van der Waals surface area (Å²) < 4.78 is 6.59. The zero-order valence-corrected chi connectivity index (χ0v) is 18.4. The molecule has 0 saturated heterocycles. The van der Waals surface area contributed by atoms with Crippen LogP contribution in [0.15, 0.2) is 72.8 Å². The largest absolute Gasteiger partial charge is 0.495 e. The highest BCUT2D eigenvalue weighted by Crippen LogP contribution is 2.27. The van der Waals surface area contributed by atoms with Gasteiger partial charge in [-0.25, -0.2) is 4.98 Å². The molecule has 31 heavy (non-hydrogen) atoms. The number of ether oxygens (including phenoxy) is 1. The summed E-state index contributed by atoms with van der Waals surface area (Å²) in [4.78, 5) is 17.9. The predicted molar refractivity (Wildman–Crippen MR) is 127 cm³/mol. The van der Waals surface area contributed by atoms with Crippen molar-refractivity contribution < 1.29 is 9.53 Å². The van der Waals surface area contributed by atoms with Crippen molar-refractivity contribution in [1.29, 1.82) is 0 Å². The van der Waals surface area contributed by atoms with Crippen LogP contribution in [0.2, 0.25) is 0 Å². The third-order valence-corrected chi connectivity index (χ3v) is 6.13. The first-order valence-electron chi connectivity index (χ1n) is 10.2. The normalized spacial score (nSPS) is 11.9. The fraction of sp³-hybridized carbons (Fsp3) is 0.200. The van der Waals surface area contributed by atoms with Gasteiger partial charge in [0, 0.05) is 13.0 Å². The molecular weight excluding hydrogens is 406 g/mol. The van der Waals surface area contributed by atoms with Gasteiger partial charge in [-0.3, -0.25) is 4.79 Å². The number of fused-ring (bicyclic) bond motifs is 1. The highest BCUT2D eigenvalue weighted by molar-refractivity contribution is 7.18. The van der Waals surface area contributed by atoms with Crippen LogP contribution in [-0.2, 0) is 11.2 Å². The molecule has 0 aliphatic carbocycles. The average molecular weight is 432 g/mol. The Hall–Kier alpha value is -3.22. The van der Waals surface area contributed by atoms with Gasteiger partial charge in [-0.1, -0.05) is 48.5 Å². The molecule has 158 valence electrons. The standard InChI is InChI=1S/C25H25N3O2S/c1-17-12-13-21(30-2)20(16-17)28-25(29)24(18-8-4-3-5-9-18)26-15-14-23-27-19-10-6-7-11-22(19)31-23/h3-13,16,24,26H,14-15H2,1-2H3,(H,28,29). The Morgan fingerprint density at radius 2 is 1.84 bits per heavy atom. The minimum absolute atomic E-state index is 0.126. The van der Waals surface area contributed by atoms with E-state index >= 15 is 0 Å². The number of nitrogens with zero attached hydrogens (tertiary/aromatic N) is 1. The van der Waals surface area contributed by atoms with Gasteiger partial charge in [0.05, 0.1) is 28.0 Å². The van der Waals surface area contributed by atoms with E-state index in [1.165, 1.54) is 4.70 Å². The molecule has 0 spiro atoms. The average Bonchev–Trinajstić information content (AvgIpc) is 3.20. The molecule has 1 amide bonds. The van der Waals surface area contributed by atoms with Gasteiger partial charge in [-0.05, 0) is 42.3 Å². The van der Waals surface area contributed by atoms with E-state index in [1.807, 2.05) is 73.7 Å². The van der Waals surface area contributed by atoms with Crippen LogP contribution in [0, 0.1) is 6.92 Å². The number of amides is 1. The Morgan fingerprint density at radius 1 is 1.06 bits per heavy atom. The topological polar surface area (TPSA) is 63.2 Å². The summed E-state index contributed by atoms with van der Waals surface area (Å²) in [6.07, 6.45) is 0.754. The lowest BCUT2D eigenvalue weighted by atomic mass is 10.1. The van der Waals surface area contributed by atoms with E-state index in [4.69, 9.17) is 4.74 Å². The lowest BCUT2D eigenvalue weighted by Gasteiger charge is -2.20. The molecule has 0 bridgehead atoms. The van der Waals surface area contributed by atoms with Crippen LogP contribution in [0.1, 0.15) is 22.2 Å². The van der Waals surface area contributed by atoms with E-state index in [0.717, 1.165) is 28.1 Å². The van der Waals surface area contributed by atoms with Crippen molar-refractivity contribution in [3.8, 4) is 5.75 Å². The highest BCUT2D eigenvalue weighted by atomic mass is 32.1. The van der Waals surface area contributed by atoms with Gasteiger partial charge < -0.3 is 15.4 Å². The molecule has 0 aliphatic heterocycles. The van der Waals surface area contributed by atoms with Crippen LogP contribution in [-0.4, -0.2) is 24.5 Å². The van der Waals surface area contributed by atoms with E-state index in [9.17, 15) is 4.79 Å².